The van der Waals surface area contributed by atoms with Crippen LogP contribution in [0, 0.1) is 5.82 Å². The molecule has 4 rings (SSSR count). The first kappa shape index (κ1) is 24.0. The third-order valence-corrected chi connectivity index (χ3v) is 5.48. The molecule has 2 aromatic carbocycles. The van der Waals surface area contributed by atoms with Gasteiger partial charge in [0, 0.05) is 25.2 Å². The molecule has 0 fully saturated rings. The molecule has 1 aromatic heterocycles. The van der Waals surface area contributed by atoms with Crippen molar-refractivity contribution >= 4 is 29.3 Å². The summed E-state index contributed by atoms with van der Waals surface area (Å²) in [6.07, 6.45) is 1.15. The third kappa shape index (κ3) is 5.89. The first-order valence-electron chi connectivity index (χ1n) is 10.6. The van der Waals surface area contributed by atoms with Crippen molar-refractivity contribution in [1.29, 1.82) is 0 Å². The number of hydrogen-bond donors (Lipinski definition) is 4. The lowest BCUT2D eigenvalue weighted by atomic mass is 10.1. The Hall–Kier alpha value is -4.09. The van der Waals surface area contributed by atoms with Crippen LogP contribution in [-0.2, 0) is 6.54 Å². The first-order chi connectivity index (χ1) is 16.8. The molecule has 0 aliphatic carbocycles. The van der Waals surface area contributed by atoms with Crippen molar-refractivity contribution in [1.82, 2.24) is 36.7 Å². The van der Waals surface area contributed by atoms with Crippen LogP contribution in [0.3, 0.4) is 0 Å². The van der Waals surface area contributed by atoms with Gasteiger partial charge in [0.2, 0.25) is 0 Å². The van der Waals surface area contributed by atoms with E-state index in [1.165, 1.54) is 24.3 Å². The van der Waals surface area contributed by atoms with Crippen LogP contribution in [0.2, 0.25) is 5.02 Å². The Bertz CT molecular complexity index is 1280. The molecule has 0 saturated carbocycles. The van der Waals surface area contributed by atoms with E-state index in [-0.39, 0.29) is 29.0 Å². The standard InChI is InChI=1S/C23H22ClFN8O2/c1-13(15-4-6-16(7-5-15)21-30-32-33(2)31-21)29-23(35)20-10-19(27-12-28-20)22(34)26-11-14-3-8-18(25)17(24)9-14/h3-10,12-13,32H,11H2,1-2H3,(H,26,34)(H,29,35)(H,30,31)/t13-/m0/s1. The lowest BCUT2D eigenvalue weighted by Crippen LogP contribution is -2.37. The smallest absolute Gasteiger partial charge is 0.270 e. The van der Waals surface area contributed by atoms with Crippen LogP contribution in [-0.4, -0.2) is 39.8 Å². The van der Waals surface area contributed by atoms with Gasteiger partial charge in [-0.1, -0.05) is 41.9 Å². The van der Waals surface area contributed by atoms with Gasteiger partial charge in [0.05, 0.1) is 11.1 Å². The quantitative estimate of drug-likeness (QED) is 0.395. The number of rotatable bonds is 7. The second-order valence-electron chi connectivity index (χ2n) is 7.77. The van der Waals surface area contributed by atoms with Crippen LogP contribution in [0.1, 0.15) is 50.6 Å². The fraction of sp³-hybridized carbons (Fsp3) is 0.174. The van der Waals surface area contributed by atoms with Gasteiger partial charge >= 0.3 is 0 Å². The number of hydrazone groups is 1. The minimum atomic E-state index is -0.538. The Morgan fingerprint density at radius 2 is 1.80 bits per heavy atom. The highest BCUT2D eigenvalue weighted by atomic mass is 35.5. The molecule has 4 N–H and O–H groups in total. The van der Waals surface area contributed by atoms with E-state index in [1.54, 1.807) is 12.2 Å². The summed E-state index contributed by atoms with van der Waals surface area (Å²) in [5.74, 6) is -0.807. The lowest BCUT2D eigenvalue weighted by Gasteiger charge is -2.15. The van der Waals surface area contributed by atoms with Gasteiger partial charge in [-0.05, 0) is 30.2 Å². The number of amidine groups is 1. The number of carbonyl (C=O) groups is 2. The topological polar surface area (TPSA) is 124 Å². The van der Waals surface area contributed by atoms with Crippen LogP contribution >= 0.6 is 11.6 Å². The third-order valence-electron chi connectivity index (χ3n) is 5.19. The molecular weight excluding hydrogens is 475 g/mol. The van der Waals surface area contributed by atoms with Crippen molar-refractivity contribution in [3.8, 4) is 0 Å². The van der Waals surface area contributed by atoms with Gasteiger partial charge in [0.15, 0.2) is 5.84 Å². The van der Waals surface area contributed by atoms with Gasteiger partial charge in [-0.25, -0.2) is 19.9 Å². The molecular formula is C23H22ClFN8O2. The molecule has 0 radical (unpaired) electrons. The van der Waals surface area contributed by atoms with E-state index in [2.05, 4.69) is 36.7 Å². The Kier molecular flexibility index (Phi) is 7.18. The van der Waals surface area contributed by atoms with E-state index in [9.17, 15) is 14.0 Å². The molecule has 10 nitrogen and oxygen atoms in total. The molecule has 0 unspecified atom stereocenters. The fourth-order valence-corrected chi connectivity index (χ4v) is 3.48. The van der Waals surface area contributed by atoms with Gasteiger partial charge < -0.3 is 10.6 Å². The average molecular weight is 497 g/mol. The molecule has 1 atom stereocenters. The SMILES string of the molecule is C[C@H](NC(=O)c1cc(C(=O)NCc2ccc(F)c(Cl)c2)ncn1)c1ccc(C2=NNN(C)N2)cc1. The molecule has 12 heteroatoms. The zero-order valence-corrected chi connectivity index (χ0v) is 19.6. The van der Waals surface area contributed by atoms with E-state index in [4.69, 9.17) is 11.6 Å². The molecule has 0 bridgehead atoms. The summed E-state index contributed by atoms with van der Waals surface area (Å²) in [5, 5.41) is 11.3. The summed E-state index contributed by atoms with van der Waals surface area (Å²) >= 11 is 5.77. The monoisotopic (exact) mass is 496 g/mol. The van der Waals surface area contributed by atoms with E-state index >= 15 is 0 Å². The number of halogens is 2. The van der Waals surface area contributed by atoms with E-state index in [0.717, 1.165) is 17.5 Å². The summed E-state index contributed by atoms with van der Waals surface area (Å²) in [5.41, 5.74) is 8.29. The number of hydrogen-bond acceptors (Lipinski definition) is 8. The largest absolute Gasteiger partial charge is 0.347 e. The van der Waals surface area contributed by atoms with Crippen molar-refractivity contribution in [3.63, 3.8) is 0 Å². The van der Waals surface area contributed by atoms with Crippen molar-refractivity contribution < 1.29 is 14.0 Å². The predicted octanol–water partition coefficient (Wildman–Crippen LogP) is 2.31. The highest BCUT2D eigenvalue weighted by Crippen LogP contribution is 2.17. The van der Waals surface area contributed by atoms with E-state index in [1.807, 2.05) is 31.2 Å². The van der Waals surface area contributed by atoms with E-state index < -0.39 is 17.6 Å². The predicted molar refractivity (Wildman–Crippen MR) is 128 cm³/mol. The number of amides is 2. The molecule has 2 heterocycles. The summed E-state index contributed by atoms with van der Waals surface area (Å²) < 4.78 is 13.3. The van der Waals surface area contributed by atoms with Crippen LogP contribution < -0.4 is 21.6 Å². The number of nitrogens with zero attached hydrogens (tertiary/aromatic N) is 4. The normalized spacial score (nSPS) is 13.9. The maximum Gasteiger partial charge on any atom is 0.270 e. The average Bonchev–Trinajstić information content (AvgIpc) is 3.31. The Balaban J connectivity index is 1.36. The number of carbonyl (C=O) groups excluding carboxylic acids is 2. The summed E-state index contributed by atoms with van der Waals surface area (Å²) in [7, 11) is 1.80. The number of aromatic nitrogens is 2. The molecule has 1 aliphatic heterocycles. The van der Waals surface area contributed by atoms with Crippen LogP contribution in [0.15, 0.2) is 60.0 Å². The molecule has 1 aliphatic rings. The molecule has 3 aromatic rings. The summed E-state index contributed by atoms with van der Waals surface area (Å²) in [6, 6.07) is 12.7. The Labute approximate surface area is 205 Å². The van der Waals surface area contributed by atoms with Crippen LogP contribution in [0.5, 0.6) is 0 Å². The molecule has 180 valence electrons. The van der Waals surface area contributed by atoms with Gasteiger partial charge in [-0.2, -0.15) is 0 Å². The van der Waals surface area contributed by atoms with Gasteiger partial charge in [0.25, 0.3) is 11.8 Å². The minimum Gasteiger partial charge on any atom is -0.347 e. The Morgan fingerprint density at radius 3 is 2.46 bits per heavy atom. The second kappa shape index (κ2) is 10.5. The highest BCUT2D eigenvalue weighted by Gasteiger charge is 2.17. The van der Waals surface area contributed by atoms with Crippen LogP contribution in [0.25, 0.3) is 0 Å². The van der Waals surface area contributed by atoms with Crippen LogP contribution in [0.4, 0.5) is 4.39 Å². The zero-order chi connectivity index (χ0) is 24.9. The number of nitrogens with one attached hydrogen (secondary N) is 4. The zero-order valence-electron chi connectivity index (χ0n) is 18.8. The van der Waals surface area contributed by atoms with E-state index in [0.29, 0.717) is 11.4 Å². The van der Waals surface area contributed by atoms with Crippen molar-refractivity contribution in [2.45, 2.75) is 19.5 Å². The molecule has 0 spiro atoms. The summed E-state index contributed by atoms with van der Waals surface area (Å²) in [4.78, 5) is 33.1. The minimum absolute atomic E-state index is 0.0266. The highest BCUT2D eigenvalue weighted by molar-refractivity contribution is 6.30. The number of benzene rings is 2. The van der Waals surface area contributed by atoms with Crippen molar-refractivity contribution in [3.05, 3.63) is 93.8 Å². The molecule has 2 amide bonds. The fourth-order valence-electron chi connectivity index (χ4n) is 3.27. The molecule has 0 saturated heterocycles. The van der Waals surface area contributed by atoms with Gasteiger partial charge in [0.1, 0.15) is 23.5 Å². The lowest BCUT2D eigenvalue weighted by molar-refractivity contribution is 0.0934. The van der Waals surface area contributed by atoms with Crippen molar-refractivity contribution in [2.75, 3.05) is 7.05 Å². The van der Waals surface area contributed by atoms with Gasteiger partial charge in [-0.15, -0.1) is 10.2 Å². The Morgan fingerprint density at radius 1 is 1.09 bits per heavy atom. The molecule has 35 heavy (non-hydrogen) atoms. The number of hydrazine groups is 2. The first-order valence-corrected chi connectivity index (χ1v) is 11.0. The van der Waals surface area contributed by atoms with Gasteiger partial charge in [-0.3, -0.25) is 15.0 Å². The maximum absolute atomic E-state index is 13.3. The summed E-state index contributed by atoms with van der Waals surface area (Å²) in [6.45, 7) is 1.96. The maximum atomic E-state index is 13.3. The van der Waals surface area contributed by atoms with Crippen molar-refractivity contribution in [2.24, 2.45) is 5.10 Å². The second-order valence-corrected chi connectivity index (χ2v) is 8.18.